The van der Waals surface area contributed by atoms with E-state index >= 15 is 0 Å². The first kappa shape index (κ1) is 37.2. The molecule has 11 rings (SSSR count). The minimum Gasteiger partial charge on any atom is -0.310 e. The van der Waals surface area contributed by atoms with Crippen LogP contribution in [0.3, 0.4) is 0 Å². The molecule has 62 heavy (non-hydrogen) atoms. The zero-order valence-corrected chi connectivity index (χ0v) is 34.8. The first-order valence-electron chi connectivity index (χ1n) is 21.2. The van der Waals surface area contributed by atoms with Crippen LogP contribution in [0.15, 0.2) is 249 Å². The highest BCUT2D eigenvalue weighted by Crippen LogP contribution is 2.44. The lowest BCUT2D eigenvalue weighted by atomic mass is 9.89. The molecule has 0 bridgehead atoms. The lowest BCUT2D eigenvalue weighted by Gasteiger charge is -2.27. The molecule has 0 atom stereocenters. The van der Waals surface area contributed by atoms with Gasteiger partial charge in [0.25, 0.3) is 0 Å². The third kappa shape index (κ3) is 7.17. The highest BCUT2D eigenvalue weighted by Gasteiger charge is 2.19. The van der Waals surface area contributed by atoms with Crippen LogP contribution in [-0.4, -0.2) is 0 Å². The van der Waals surface area contributed by atoms with E-state index in [0.29, 0.717) is 0 Å². The van der Waals surface area contributed by atoms with Gasteiger partial charge in [0, 0.05) is 37.2 Å². The van der Waals surface area contributed by atoms with Gasteiger partial charge < -0.3 is 4.90 Å². The highest BCUT2D eigenvalue weighted by molar-refractivity contribution is 7.25. The Bertz CT molecular complexity index is 3310. The molecule has 10 aromatic carbocycles. The summed E-state index contributed by atoms with van der Waals surface area (Å²) in [5, 5.41) is 2.64. The van der Waals surface area contributed by atoms with Crippen molar-refractivity contribution in [2.75, 3.05) is 4.90 Å². The Morgan fingerprint density at radius 1 is 0.226 bits per heavy atom. The van der Waals surface area contributed by atoms with Gasteiger partial charge in [-0.3, -0.25) is 0 Å². The molecule has 0 spiro atoms. The van der Waals surface area contributed by atoms with Gasteiger partial charge in [-0.15, -0.1) is 11.3 Å². The molecule has 0 N–H and O–H groups in total. The number of fused-ring (bicyclic) bond motifs is 3. The summed E-state index contributed by atoms with van der Waals surface area (Å²) in [6, 6.07) is 90.3. The molecule has 0 aliphatic rings. The van der Waals surface area contributed by atoms with Crippen LogP contribution in [-0.2, 0) is 0 Å². The largest absolute Gasteiger partial charge is 0.310 e. The van der Waals surface area contributed by atoms with Crippen LogP contribution >= 0.6 is 11.3 Å². The minimum absolute atomic E-state index is 1.09. The second-order valence-corrected chi connectivity index (χ2v) is 16.8. The summed E-state index contributed by atoms with van der Waals surface area (Å²) in [5.41, 5.74) is 17.6. The predicted octanol–water partition coefficient (Wildman–Crippen LogP) is 17.5. The maximum atomic E-state index is 2.38. The van der Waals surface area contributed by atoms with Crippen molar-refractivity contribution in [2.24, 2.45) is 0 Å². The smallest absolute Gasteiger partial charge is 0.0468 e. The molecule has 0 amide bonds. The summed E-state index contributed by atoms with van der Waals surface area (Å²) in [6.07, 6.45) is 0. The second kappa shape index (κ2) is 16.3. The van der Waals surface area contributed by atoms with E-state index < -0.39 is 0 Å². The van der Waals surface area contributed by atoms with E-state index in [-0.39, 0.29) is 0 Å². The molecule has 1 aromatic heterocycles. The fourth-order valence-electron chi connectivity index (χ4n) is 8.82. The molecule has 0 aliphatic carbocycles. The van der Waals surface area contributed by atoms with Crippen LogP contribution in [0, 0.1) is 0 Å². The number of benzene rings is 10. The van der Waals surface area contributed by atoms with E-state index in [1.807, 2.05) is 11.3 Å². The molecule has 0 unspecified atom stereocenters. The first-order valence-corrected chi connectivity index (χ1v) is 22.0. The fraction of sp³-hybridized carbons (Fsp3) is 0. The topological polar surface area (TPSA) is 3.24 Å². The first-order chi connectivity index (χ1) is 30.7. The highest BCUT2D eigenvalue weighted by atomic mass is 32.1. The fourth-order valence-corrected chi connectivity index (χ4v) is 9.90. The Hall–Kier alpha value is -7.78. The van der Waals surface area contributed by atoms with E-state index in [1.54, 1.807) is 0 Å². The predicted molar refractivity (Wildman–Crippen MR) is 267 cm³/mol. The van der Waals surface area contributed by atoms with Crippen molar-refractivity contribution in [2.45, 2.75) is 0 Å². The molecular formula is C60H41NS. The number of rotatable bonds is 9. The molecule has 0 saturated heterocycles. The van der Waals surface area contributed by atoms with Gasteiger partial charge in [0.05, 0.1) is 0 Å². The number of hydrogen-bond donors (Lipinski definition) is 0. The summed E-state index contributed by atoms with van der Waals surface area (Å²) in [4.78, 5) is 2.38. The zero-order chi connectivity index (χ0) is 41.2. The maximum Gasteiger partial charge on any atom is 0.0468 e. The average Bonchev–Trinajstić information content (AvgIpc) is 3.73. The molecule has 0 fully saturated rings. The molecule has 1 heterocycles. The van der Waals surface area contributed by atoms with Gasteiger partial charge in [-0.1, -0.05) is 188 Å². The monoisotopic (exact) mass is 807 g/mol. The normalized spacial score (nSPS) is 11.2. The van der Waals surface area contributed by atoms with Gasteiger partial charge in [-0.25, -0.2) is 0 Å². The van der Waals surface area contributed by atoms with Gasteiger partial charge in [0.15, 0.2) is 0 Å². The molecule has 0 radical (unpaired) electrons. The SMILES string of the molecule is c1ccc(-c2ccc(N(c3ccc(-c4cccc(-c5ccc6sc7ccccc7c6c5)c4)cc3)c3ccc(-c4ccccc4-c4ccccc4)c(-c4ccccc4)c3)cc2)cc1. The van der Waals surface area contributed by atoms with Crippen molar-refractivity contribution in [3.8, 4) is 66.8 Å². The van der Waals surface area contributed by atoms with Crippen molar-refractivity contribution < 1.29 is 0 Å². The van der Waals surface area contributed by atoms with Crippen molar-refractivity contribution in [1.29, 1.82) is 0 Å². The summed E-state index contributed by atoms with van der Waals surface area (Å²) >= 11 is 1.86. The van der Waals surface area contributed by atoms with Crippen LogP contribution in [0.1, 0.15) is 0 Å². The summed E-state index contributed by atoms with van der Waals surface area (Å²) in [5.74, 6) is 0. The van der Waals surface area contributed by atoms with Crippen molar-refractivity contribution in [3.05, 3.63) is 249 Å². The molecule has 0 aliphatic heterocycles. The van der Waals surface area contributed by atoms with Crippen LogP contribution in [0.2, 0.25) is 0 Å². The minimum atomic E-state index is 1.09. The van der Waals surface area contributed by atoms with Gasteiger partial charge in [-0.05, 0) is 127 Å². The van der Waals surface area contributed by atoms with E-state index in [0.717, 1.165) is 17.1 Å². The standard InChI is InChI=1S/C60H41NS/c1-4-15-42(16-5-1)43-27-32-50(33-28-43)61(52-36-37-55(57(41-52)46-19-8-3-9-20-46)54-24-11-10-23-53(54)45-17-6-2-7-18-45)51-34-29-44(30-35-51)47-21-14-22-48(39-47)49-31-38-60-58(40-49)56-25-12-13-26-59(56)62-60/h1-41H. The van der Waals surface area contributed by atoms with Gasteiger partial charge >= 0.3 is 0 Å². The Morgan fingerprint density at radius 2 is 0.661 bits per heavy atom. The van der Waals surface area contributed by atoms with E-state index in [9.17, 15) is 0 Å². The average molecular weight is 808 g/mol. The lowest BCUT2D eigenvalue weighted by Crippen LogP contribution is -2.10. The van der Waals surface area contributed by atoms with Crippen LogP contribution < -0.4 is 4.90 Å². The van der Waals surface area contributed by atoms with Crippen LogP contribution in [0.4, 0.5) is 17.1 Å². The van der Waals surface area contributed by atoms with Crippen molar-refractivity contribution in [3.63, 3.8) is 0 Å². The number of anilines is 3. The summed E-state index contributed by atoms with van der Waals surface area (Å²) in [6.45, 7) is 0. The number of thiophene rings is 1. The van der Waals surface area contributed by atoms with Gasteiger partial charge in [0.2, 0.25) is 0 Å². The van der Waals surface area contributed by atoms with E-state index in [2.05, 4.69) is 254 Å². The quantitative estimate of drug-likeness (QED) is 0.140. The number of hydrogen-bond acceptors (Lipinski definition) is 2. The Balaban J connectivity index is 1.01. The summed E-state index contributed by atoms with van der Waals surface area (Å²) < 4.78 is 2.65. The van der Waals surface area contributed by atoms with E-state index in [4.69, 9.17) is 0 Å². The Labute approximate surface area is 367 Å². The molecule has 11 aromatic rings. The summed E-state index contributed by atoms with van der Waals surface area (Å²) in [7, 11) is 0. The Morgan fingerprint density at radius 3 is 1.34 bits per heavy atom. The lowest BCUT2D eigenvalue weighted by molar-refractivity contribution is 1.28. The third-order valence-electron chi connectivity index (χ3n) is 11.9. The zero-order valence-electron chi connectivity index (χ0n) is 34.0. The van der Waals surface area contributed by atoms with Crippen LogP contribution in [0.25, 0.3) is 86.9 Å². The molecular weight excluding hydrogens is 767 g/mol. The Kier molecular flexibility index (Phi) is 9.82. The molecule has 2 heteroatoms. The maximum absolute atomic E-state index is 2.38. The van der Waals surface area contributed by atoms with Crippen LogP contribution in [0.5, 0.6) is 0 Å². The third-order valence-corrected chi connectivity index (χ3v) is 13.1. The second-order valence-electron chi connectivity index (χ2n) is 15.7. The van der Waals surface area contributed by atoms with Crippen molar-refractivity contribution >= 4 is 48.6 Å². The molecule has 1 nitrogen and oxygen atoms in total. The van der Waals surface area contributed by atoms with Crippen molar-refractivity contribution in [1.82, 2.24) is 0 Å². The molecule has 292 valence electrons. The van der Waals surface area contributed by atoms with Gasteiger partial charge in [0.1, 0.15) is 0 Å². The molecule has 0 saturated carbocycles. The van der Waals surface area contributed by atoms with Gasteiger partial charge in [-0.2, -0.15) is 0 Å². The van der Waals surface area contributed by atoms with E-state index in [1.165, 1.54) is 86.9 Å². The number of nitrogens with zero attached hydrogens (tertiary/aromatic N) is 1.